The number of hydrogen-bond donors (Lipinski definition) is 4. The number of aliphatic hydroxyl groups excluding tert-OH is 3. The number of ether oxygens (including phenoxy) is 1. The summed E-state index contributed by atoms with van der Waals surface area (Å²) in [5.74, 6) is 0.463. The van der Waals surface area contributed by atoms with E-state index in [9.17, 15) is 15.3 Å². The minimum absolute atomic E-state index is 0.136. The Morgan fingerprint density at radius 3 is 2.36 bits per heavy atom. The van der Waals surface area contributed by atoms with Crippen molar-refractivity contribution in [2.75, 3.05) is 20.3 Å². The zero-order chi connectivity index (χ0) is 18.2. The molecule has 0 aliphatic carbocycles. The molecule has 2 aromatic rings. The van der Waals surface area contributed by atoms with Crippen molar-refractivity contribution >= 4 is 0 Å². The number of phenolic OH excluding ortho intramolecular Hbond substituents is 1. The number of aliphatic hydroxyl groups is 3. The van der Waals surface area contributed by atoms with Gasteiger partial charge in [-0.3, -0.25) is 0 Å². The molecular formula is C20H26O5. The van der Waals surface area contributed by atoms with E-state index in [-0.39, 0.29) is 24.9 Å². The third kappa shape index (κ3) is 5.19. The fourth-order valence-corrected chi connectivity index (χ4v) is 2.90. The summed E-state index contributed by atoms with van der Waals surface area (Å²) in [5, 5.41) is 38.6. The Kier molecular flexibility index (Phi) is 7.25. The maximum atomic E-state index is 10.6. The van der Waals surface area contributed by atoms with Gasteiger partial charge in [-0.1, -0.05) is 24.3 Å². The molecule has 0 saturated carbocycles. The number of aryl methyl sites for hydroxylation is 1. The summed E-state index contributed by atoms with van der Waals surface area (Å²) in [6, 6.07) is 12.2. The highest BCUT2D eigenvalue weighted by Gasteiger charge is 2.22. The molecule has 0 unspecified atom stereocenters. The van der Waals surface area contributed by atoms with Gasteiger partial charge in [-0.25, -0.2) is 0 Å². The maximum absolute atomic E-state index is 10.6. The summed E-state index contributed by atoms with van der Waals surface area (Å²) in [4.78, 5) is 0. The molecule has 0 spiro atoms. The van der Waals surface area contributed by atoms with Gasteiger partial charge in [-0.2, -0.15) is 0 Å². The van der Waals surface area contributed by atoms with Gasteiger partial charge in [0.05, 0.1) is 13.2 Å². The molecule has 0 aliphatic rings. The normalized spacial score (nSPS) is 13.4. The first-order valence-corrected chi connectivity index (χ1v) is 8.43. The van der Waals surface area contributed by atoms with E-state index in [1.54, 1.807) is 19.2 Å². The monoisotopic (exact) mass is 346 g/mol. The van der Waals surface area contributed by atoms with E-state index in [0.29, 0.717) is 24.2 Å². The highest BCUT2D eigenvalue weighted by Crippen LogP contribution is 2.30. The van der Waals surface area contributed by atoms with E-state index in [1.807, 2.05) is 18.2 Å². The average Bonchev–Trinajstić information content (AvgIpc) is 2.64. The van der Waals surface area contributed by atoms with E-state index < -0.39 is 6.10 Å². The molecule has 2 rings (SSSR count). The smallest absolute Gasteiger partial charge is 0.122 e. The second-order valence-electron chi connectivity index (χ2n) is 6.16. The first-order chi connectivity index (χ1) is 12.1. The van der Waals surface area contributed by atoms with E-state index in [2.05, 4.69) is 0 Å². The molecule has 2 atom stereocenters. The Morgan fingerprint density at radius 1 is 1.04 bits per heavy atom. The van der Waals surface area contributed by atoms with Gasteiger partial charge < -0.3 is 25.2 Å². The summed E-state index contributed by atoms with van der Waals surface area (Å²) < 4.78 is 5.45. The Hall–Kier alpha value is -2.08. The number of aromatic hydroxyl groups is 1. The molecule has 0 amide bonds. The molecule has 0 aliphatic heterocycles. The molecule has 2 aromatic carbocycles. The molecule has 0 aromatic heterocycles. The van der Waals surface area contributed by atoms with Gasteiger partial charge >= 0.3 is 0 Å². The van der Waals surface area contributed by atoms with Gasteiger partial charge in [-0.05, 0) is 54.2 Å². The van der Waals surface area contributed by atoms with Crippen molar-refractivity contribution in [2.45, 2.75) is 25.4 Å². The van der Waals surface area contributed by atoms with Crippen molar-refractivity contribution in [1.29, 1.82) is 0 Å². The first kappa shape index (κ1) is 19.2. The molecule has 5 nitrogen and oxygen atoms in total. The molecule has 0 fully saturated rings. The minimum atomic E-state index is -0.843. The zero-order valence-corrected chi connectivity index (χ0v) is 14.4. The lowest BCUT2D eigenvalue weighted by Crippen LogP contribution is -2.19. The predicted molar refractivity (Wildman–Crippen MR) is 95.7 cm³/mol. The molecule has 0 saturated heterocycles. The van der Waals surface area contributed by atoms with E-state index in [1.165, 1.54) is 12.1 Å². The molecule has 0 bridgehead atoms. The molecule has 136 valence electrons. The summed E-state index contributed by atoms with van der Waals surface area (Å²) in [6.45, 7) is -0.0209. The lowest BCUT2D eigenvalue weighted by Gasteiger charge is -2.22. The van der Waals surface area contributed by atoms with Crippen LogP contribution in [0.25, 0.3) is 0 Å². The molecule has 0 heterocycles. The van der Waals surface area contributed by atoms with Crippen LogP contribution in [0.3, 0.4) is 0 Å². The minimum Gasteiger partial charge on any atom is -0.508 e. The van der Waals surface area contributed by atoms with Crippen molar-refractivity contribution in [3.8, 4) is 11.5 Å². The number of phenols is 1. The second-order valence-corrected chi connectivity index (χ2v) is 6.16. The highest BCUT2D eigenvalue weighted by molar-refractivity contribution is 5.38. The Balaban J connectivity index is 2.15. The van der Waals surface area contributed by atoms with Gasteiger partial charge in [0, 0.05) is 19.1 Å². The fraction of sp³-hybridized carbons (Fsp3) is 0.400. The van der Waals surface area contributed by atoms with Crippen molar-refractivity contribution in [2.24, 2.45) is 5.92 Å². The van der Waals surface area contributed by atoms with E-state index in [4.69, 9.17) is 9.84 Å². The van der Waals surface area contributed by atoms with Crippen molar-refractivity contribution in [1.82, 2.24) is 0 Å². The van der Waals surface area contributed by atoms with Crippen LogP contribution in [0.4, 0.5) is 0 Å². The number of rotatable bonds is 9. The van der Waals surface area contributed by atoms with E-state index in [0.717, 1.165) is 17.5 Å². The van der Waals surface area contributed by atoms with Gasteiger partial charge in [0.2, 0.25) is 0 Å². The van der Waals surface area contributed by atoms with Gasteiger partial charge in [0.25, 0.3) is 0 Å². The third-order valence-corrected chi connectivity index (χ3v) is 4.37. The lowest BCUT2D eigenvalue weighted by molar-refractivity contribution is 0.0665. The Morgan fingerprint density at radius 2 is 1.76 bits per heavy atom. The van der Waals surface area contributed by atoms with Crippen molar-refractivity contribution in [3.63, 3.8) is 0 Å². The van der Waals surface area contributed by atoms with Crippen LogP contribution in [0, 0.1) is 5.92 Å². The maximum Gasteiger partial charge on any atom is 0.122 e. The molecular weight excluding hydrogens is 320 g/mol. The Labute approximate surface area is 148 Å². The van der Waals surface area contributed by atoms with Gasteiger partial charge in [0.15, 0.2) is 0 Å². The van der Waals surface area contributed by atoms with Gasteiger partial charge in [0.1, 0.15) is 11.5 Å². The molecule has 5 heteroatoms. The first-order valence-electron chi connectivity index (χ1n) is 8.43. The summed E-state index contributed by atoms with van der Waals surface area (Å²) in [5.41, 5.74) is 2.64. The van der Waals surface area contributed by atoms with Crippen LogP contribution in [0.2, 0.25) is 0 Å². The van der Waals surface area contributed by atoms with Crippen LogP contribution in [0.15, 0.2) is 42.5 Å². The Bertz CT molecular complexity index is 654. The number of benzene rings is 2. The van der Waals surface area contributed by atoms with Crippen LogP contribution in [0.5, 0.6) is 11.5 Å². The summed E-state index contributed by atoms with van der Waals surface area (Å²) in [7, 11) is 1.60. The molecule has 0 radical (unpaired) electrons. The second kappa shape index (κ2) is 9.42. The molecule has 25 heavy (non-hydrogen) atoms. The summed E-state index contributed by atoms with van der Waals surface area (Å²) in [6.07, 6.45) is 1.08. The quantitative estimate of drug-likeness (QED) is 0.559. The highest BCUT2D eigenvalue weighted by atomic mass is 16.5. The van der Waals surface area contributed by atoms with Gasteiger partial charge in [-0.15, -0.1) is 0 Å². The fourth-order valence-electron chi connectivity index (χ4n) is 2.90. The third-order valence-electron chi connectivity index (χ3n) is 4.37. The predicted octanol–water partition coefficient (Wildman–Crippen LogP) is 2.21. The van der Waals surface area contributed by atoms with Crippen LogP contribution in [0.1, 0.15) is 29.2 Å². The topological polar surface area (TPSA) is 90.2 Å². The molecule has 4 N–H and O–H groups in total. The van der Waals surface area contributed by atoms with Crippen LogP contribution >= 0.6 is 0 Å². The SMILES string of the molecule is COc1cc(CCCO)ccc1C[C@H](CO)[C@H](O)c1ccc(O)cc1. The lowest BCUT2D eigenvalue weighted by atomic mass is 9.89. The average molecular weight is 346 g/mol. The number of hydrogen-bond acceptors (Lipinski definition) is 5. The van der Waals surface area contributed by atoms with Crippen LogP contribution in [-0.4, -0.2) is 40.7 Å². The zero-order valence-electron chi connectivity index (χ0n) is 14.4. The number of methoxy groups -OCH3 is 1. The largest absolute Gasteiger partial charge is 0.508 e. The standard InChI is InChI=1S/C20H26O5/c1-25-19-11-14(3-2-10-21)4-5-16(19)12-17(13-22)20(24)15-6-8-18(23)9-7-15/h4-9,11,17,20-24H,2-3,10,12-13H2,1H3/t17-,20-/m1/s1. The summed E-state index contributed by atoms with van der Waals surface area (Å²) >= 11 is 0. The van der Waals surface area contributed by atoms with E-state index >= 15 is 0 Å². The van der Waals surface area contributed by atoms with Crippen molar-refractivity contribution in [3.05, 3.63) is 59.2 Å². The van der Waals surface area contributed by atoms with Crippen LogP contribution < -0.4 is 4.74 Å². The van der Waals surface area contributed by atoms with Crippen LogP contribution in [-0.2, 0) is 12.8 Å². The van der Waals surface area contributed by atoms with Crippen molar-refractivity contribution < 1.29 is 25.2 Å².